The van der Waals surface area contributed by atoms with Crippen LogP contribution in [0.5, 0.6) is 0 Å². The molecule has 0 rings (SSSR count). The van der Waals surface area contributed by atoms with Gasteiger partial charge in [0.15, 0.2) is 0 Å². The lowest BCUT2D eigenvalue weighted by molar-refractivity contribution is 0.157. The summed E-state index contributed by atoms with van der Waals surface area (Å²) in [6.07, 6.45) is 2.29. The van der Waals surface area contributed by atoms with E-state index in [0.717, 1.165) is 0 Å². The molecule has 0 fully saturated rings. The standard InChI is InChI=1S/C5H6O3/c1-8-5(4-7)2-3-6/h5H,2H2,1H3. The maximum absolute atomic E-state index is 9.70. The fraction of sp³-hybridized carbons (Fsp3) is 0.600. The maximum atomic E-state index is 9.70. The van der Waals surface area contributed by atoms with E-state index in [2.05, 4.69) is 4.74 Å². The van der Waals surface area contributed by atoms with E-state index >= 15 is 0 Å². The second kappa shape index (κ2) is 4.46. The molecule has 0 aliphatic rings. The molecule has 2 radical (unpaired) electrons. The van der Waals surface area contributed by atoms with E-state index in [-0.39, 0.29) is 6.42 Å². The summed E-state index contributed by atoms with van der Waals surface area (Å²) in [6, 6.07) is 0. The monoisotopic (exact) mass is 114 g/mol. The summed E-state index contributed by atoms with van der Waals surface area (Å²) >= 11 is 0. The van der Waals surface area contributed by atoms with Crippen LogP contribution in [0.25, 0.3) is 0 Å². The van der Waals surface area contributed by atoms with E-state index in [1.165, 1.54) is 19.7 Å². The molecule has 44 valence electrons. The van der Waals surface area contributed by atoms with Gasteiger partial charge in [0.2, 0.25) is 12.6 Å². The van der Waals surface area contributed by atoms with Crippen molar-refractivity contribution in [3.63, 3.8) is 0 Å². The largest absolute Gasteiger partial charge is 0.373 e. The van der Waals surface area contributed by atoms with Crippen molar-refractivity contribution in [3.8, 4) is 0 Å². The third-order valence-electron chi connectivity index (χ3n) is 0.685. The Labute approximate surface area is 47.6 Å². The first-order chi connectivity index (χ1) is 3.85. The van der Waals surface area contributed by atoms with Crippen molar-refractivity contribution in [2.24, 2.45) is 0 Å². The molecule has 0 amide bonds. The van der Waals surface area contributed by atoms with E-state index in [4.69, 9.17) is 0 Å². The highest BCUT2D eigenvalue weighted by atomic mass is 16.5. The summed E-state index contributed by atoms with van der Waals surface area (Å²) in [4.78, 5) is 19.2. The Balaban J connectivity index is 3.35. The molecule has 0 aromatic heterocycles. The van der Waals surface area contributed by atoms with Crippen LogP contribution in [0.3, 0.4) is 0 Å². The normalized spacial score (nSPS) is 12.6. The summed E-state index contributed by atoms with van der Waals surface area (Å²) in [6.45, 7) is 0. The van der Waals surface area contributed by atoms with Crippen molar-refractivity contribution in [1.82, 2.24) is 0 Å². The molecule has 0 aliphatic carbocycles. The molecule has 0 aliphatic heterocycles. The minimum absolute atomic E-state index is 0.0278. The van der Waals surface area contributed by atoms with Gasteiger partial charge in [-0.25, -0.2) is 0 Å². The van der Waals surface area contributed by atoms with Gasteiger partial charge in [-0.1, -0.05) is 0 Å². The molecule has 8 heavy (non-hydrogen) atoms. The van der Waals surface area contributed by atoms with Crippen LogP contribution in [-0.2, 0) is 14.3 Å². The average molecular weight is 114 g/mol. The Morgan fingerprint density at radius 1 is 1.62 bits per heavy atom. The third-order valence-corrected chi connectivity index (χ3v) is 0.685. The number of hydrogen-bond donors (Lipinski definition) is 0. The van der Waals surface area contributed by atoms with Gasteiger partial charge in [0.1, 0.15) is 6.10 Å². The Kier molecular flexibility index (Phi) is 4.07. The minimum Gasteiger partial charge on any atom is -0.373 e. The van der Waals surface area contributed by atoms with Crippen LogP contribution in [0, 0.1) is 0 Å². The number of methoxy groups -OCH3 is 1. The maximum Gasteiger partial charge on any atom is 0.230 e. The van der Waals surface area contributed by atoms with Crippen molar-refractivity contribution >= 4 is 12.6 Å². The molecular formula is C5H6O3. The molecule has 0 bridgehead atoms. The number of hydrogen-bond acceptors (Lipinski definition) is 3. The van der Waals surface area contributed by atoms with Crippen LogP contribution < -0.4 is 0 Å². The lowest BCUT2D eigenvalue weighted by Crippen LogP contribution is -2.11. The number of ether oxygens (including phenoxy) is 1. The van der Waals surface area contributed by atoms with E-state index < -0.39 is 6.10 Å². The van der Waals surface area contributed by atoms with Crippen LogP contribution in [0.1, 0.15) is 6.42 Å². The summed E-state index contributed by atoms with van der Waals surface area (Å²) in [5.41, 5.74) is 0. The highest BCUT2D eigenvalue weighted by Gasteiger charge is 2.03. The van der Waals surface area contributed by atoms with Crippen molar-refractivity contribution in [2.45, 2.75) is 12.5 Å². The van der Waals surface area contributed by atoms with E-state index in [0.29, 0.717) is 0 Å². The summed E-state index contributed by atoms with van der Waals surface area (Å²) < 4.78 is 4.45. The Hall–Kier alpha value is -0.700. The van der Waals surface area contributed by atoms with E-state index in [9.17, 15) is 9.59 Å². The lowest BCUT2D eigenvalue weighted by atomic mass is 10.3. The van der Waals surface area contributed by atoms with Gasteiger partial charge in [0, 0.05) is 13.5 Å². The SMILES string of the molecule is COC([C]=O)C[C]=O. The van der Waals surface area contributed by atoms with Crippen LogP contribution >= 0.6 is 0 Å². The predicted octanol–water partition coefficient (Wildman–Crippen LogP) is -0.389. The van der Waals surface area contributed by atoms with Crippen molar-refractivity contribution < 1.29 is 14.3 Å². The Morgan fingerprint density at radius 2 is 2.25 bits per heavy atom. The summed E-state index contributed by atoms with van der Waals surface area (Å²) in [5.74, 6) is 0. The lowest BCUT2D eigenvalue weighted by Gasteiger charge is -1.97. The minimum atomic E-state index is -0.729. The fourth-order valence-corrected chi connectivity index (χ4v) is 0.249. The number of rotatable bonds is 4. The van der Waals surface area contributed by atoms with Gasteiger partial charge in [0.25, 0.3) is 0 Å². The first kappa shape index (κ1) is 7.30. The van der Waals surface area contributed by atoms with Crippen LogP contribution in [0.4, 0.5) is 0 Å². The fourth-order valence-electron chi connectivity index (χ4n) is 0.249. The molecule has 0 saturated heterocycles. The molecule has 1 atom stereocenters. The first-order valence-corrected chi connectivity index (χ1v) is 2.10. The van der Waals surface area contributed by atoms with Crippen molar-refractivity contribution in [3.05, 3.63) is 0 Å². The summed E-state index contributed by atoms with van der Waals surface area (Å²) in [5, 5.41) is 0. The average Bonchev–Trinajstić information content (AvgIpc) is 1.83. The molecule has 3 nitrogen and oxygen atoms in total. The van der Waals surface area contributed by atoms with Crippen LogP contribution in [-0.4, -0.2) is 25.8 Å². The van der Waals surface area contributed by atoms with Gasteiger partial charge in [0.05, 0.1) is 0 Å². The van der Waals surface area contributed by atoms with Crippen molar-refractivity contribution in [2.75, 3.05) is 7.11 Å². The highest BCUT2D eigenvalue weighted by molar-refractivity contribution is 5.64. The second-order valence-corrected chi connectivity index (χ2v) is 1.19. The zero-order valence-electron chi connectivity index (χ0n) is 4.51. The zero-order chi connectivity index (χ0) is 6.41. The van der Waals surface area contributed by atoms with Gasteiger partial charge in [-0.2, -0.15) is 0 Å². The van der Waals surface area contributed by atoms with Crippen molar-refractivity contribution in [1.29, 1.82) is 0 Å². The van der Waals surface area contributed by atoms with Crippen LogP contribution in [0.2, 0.25) is 0 Å². The molecule has 1 unspecified atom stereocenters. The second-order valence-electron chi connectivity index (χ2n) is 1.19. The van der Waals surface area contributed by atoms with E-state index in [1.807, 2.05) is 0 Å². The molecule has 0 spiro atoms. The molecule has 0 heterocycles. The summed E-state index contributed by atoms with van der Waals surface area (Å²) in [7, 11) is 1.34. The Bertz CT molecular complexity index is 79.7. The van der Waals surface area contributed by atoms with Gasteiger partial charge < -0.3 is 4.74 Å². The quantitative estimate of drug-likeness (QED) is 0.500. The van der Waals surface area contributed by atoms with Gasteiger partial charge >= 0.3 is 0 Å². The molecule has 0 saturated carbocycles. The van der Waals surface area contributed by atoms with Gasteiger partial charge in [-0.05, 0) is 0 Å². The Morgan fingerprint density at radius 3 is 2.38 bits per heavy atom. The first-order valence-electron chi connectivity index (χ1n) is 2.10. The smallest absolute Gasteiger partial charge is 0.230 e. The predicted molar refractivity (Wildman–Crippen MR) is 26.8 cm³/mol. The molecule has 0 aromatic rings. The number of carbonyl (C=O) groups excluding carboxylic acids is 2. The van der Waals surface area contributed by atoms with Gasteiger partial charge in [-0.15, -0.1) is 0 Å². The highest BCUT2D eigenvalue weighted by Crippen LogP contribution is 1.86. The zero-order valence-corrected chi connectivity index (χ0v) is 4.51. The molecule has 3 heteroatoms. The molecule has 0 N–H and O–H groups in total. The molecule has 0 aromatic carbocycles. The topological polar surface area (TPSA) is 43.4 Å². The third kappa shape index (κ3) is 2.47. The van der Waals surface area contributed by atoms with Gasteiger partial charge in [-0.3, -0.25) is 9.59 Å². The molecular weight excluding hydrogens is 108 g/mol. The van der Waals surface area contributed by atoms with E-state index in [1.54, 1.807) is 0 Å². The van der Waals surface area contributed by atoms with Crippen LogP contribution in [0.15, 0.2) is 0 Å².